The molecule has 0 aliphatic carbocycles. The van der Waals surface area contributed by atoms with Crippen molar-refractivity contribution in [1.82, 2.24) is 5.32 Å². The first kappa shape index (κ1) is 13.8. The molecule has 1 amide bonds. The molecule has 14 heavy (non-hydrogen) atoms. The van der Waals surface area contributed by atoms with Crippen LogP contribution in [0.3, 0.4) is 0 Å². The van der Waals surface area contributed by atoms with E-state index in [2.05, 4.69) is 12.2 Å². The minimum Gasteiger partial charge on any atom is -0.396 e. The molecule has 3 nitrogen and oxygen atoms in total. The molecule has 0 radical (unpaired) electrons. The van der Waals surface area contributed by atoms with E-state index in [9.17, 15) is 4.79 Å². The molecule has 0 fully saturated rings. The van der Waals surface area contributed by atoms with Gasteiger partial charge in [0, 0.05) is 13.2 Å². The zero-order valence-corrected chi connectivity index (χ0v) is 9.90. The van der Waals surface area contributed by atoms with Crippen LogP contribution in [-0.2, 0) is 4.79 Å². The number of rotatable bonds is 8. The summed E-state index contributed by atoms with van der Waals surface area (Å²) < 4.78 is 0. The summed E-state index contributed by atoms with van der Waals surface area (Å²) in [6.45, 7) is 5.00. The Balaban J connectivity index is 3.34. The summed E-state index contributed by atoms with van der Waals surface area (Å²) in [7, 11) is 0. The van der Waals surface area contributed by atoms with E-state index < -0.39 is 0 Å². The molecule has 0 spiro atoms. The second-order valence-electron chi connectivity index (χ2n) is 3.47. The molecule has 1 atom stereocenters. The fraction of sp³-hybridized carbons (Fsp3) is 0.900. The van der Waals surface area contributed by atoms with Crippen LogP contribution in [-0.4, -0.2) is 35.7 Å². The summed E-state index contributed by atoms with van der Waals surface area (Å²) >= 11 is 1.66. The molecule has 84 valence electrons. The molecule has 1 unspecified atom stereocenters. The molecule has 0 aliphatic heterocycles. The van der Waals surface area contributed by atoms with Gasteiger partial charge < -0.3 is 10.4 Å². The average molecular weight is 219 g/mol. The van der Waals surface area contributed by atoms with Gasteiger partial charge in [-0.2, -0.15) is 11.8 Å². The summed E-state index contributed by atoms with van der Waals surface area (Å²) in [5.41, 5.74) is 0. The Morgan fingerprint density at radius 3 is 2.86 bits per heavy atom. The van der Waals surface area contributed by atoms with Crippen molar-refractivity contribution in [3.63, 3.8) is 0 Å². The van der Waals surface area contributed by atoms with E-state index in [0.29, 0.717) is 18.2 Å². The fourth-order valence-corrected chi connectivity index (χ4v) is 1.69. The van der Waals surface area contributed by atoms with Gasteiger partial charge in [0.05, 0.1) is 5.75 Å². The number of aliphatic hydroxyl groups excluding tert-OH is 1. The summed E-state index contributed by atoms with van der Waals surface area (Å²) in [6, 6.07) is 0. The molecule has 0 bridgehead atoms. The van der Waals surface area contributed by atoms with E-state index in [4.69, 9.17) is 5.11 Å². The van der Waals surface area contributed by atoms with Crippen LogP contribution in [0.2, 0.25) is 0 Å². The number of hydrogen-bond donors (Lipinski definition) is 2. The van der Waals surface area contributed by atoms with E-state index >= 15 is 0 Å². The van der Waals surface area contributed by atoms with E-state index in [-0.39, 0.29) is 12.5 Å². The Morgan fingerprint density at radius 2 is 2.29 bits per heavy atom. The van der Waals surface area contributed by atoms with Crippen LogP contribution >= 0.6 is 11.8 Å². The van der Waals surface area contributed by atoms with Crippen molar-refractivity contribution in [2.75, 3.05) is 24.7 Å². The van der Waals surface area contributed by atoms with Crippen LogP contribution in [0.5, 0.6) is 0 Å². The minimum atomic E-state index is 0.105. The normalized spacial score (nSPS) is 12.5. The van der Waals surface area contributed by atoms with Crippen molar-refractivity contribution < 1.29 is 9.90 Å². The number of carbonyl (C=O) groups excluding carboxylic acids is 1. The lowest BCUT2D eigenvalue weighted by Crippen LogP contribution is -2.30. The van der Waals surface area contributed by atoms with Crippen LogP contribution in [0.15, 0.2) is 0 Å². The number of nitrogens with one attached hydrogen (secondary N) is 1. The topological polar surface area (TPSA) is 49.3 Å². The zero-order valence-electron chi connectivity index (χ0n) is 9.08. The summed E-state index contributed by atoms with van der Waals surface area (Å²) in [5, 5.41) is 11.5. The molecule has 0 saturated carbocycles. The largest absolute Gasteiger partial charge is 0.396 e. The molecule has 2 N–H and O–H groups in total. The molecule has 0 heterocycles. The van der Waals surface area contributed by atoms with Gasteiger partial charge in [-0.3, -0.25) is 4.79 Å². The van der Waals surface area contributed by atoms with E-state index in [0.717, 1.165) is 18.6 Å². The smallest absolute Gasteiger partial charge is 0.230 e. The third kappa shape index (κ3) is 8.38. The SMILES string of the molecule is CCCSCC(=O)NCC(C)CCO. The quantitative estimate of drug-likeness (QED) is 0.604. The van der Waals surface area contributed by atoms with Crippen LogP contribution in [0.1, 0.15) is 26.7 Å². The van der Waals surface area contributed by atoms with Crippen LogP contribution in [0, 0.1) is 5.92 Å². The van der Waals surface area contributed by atoms with Gasteiger partial charge in [-0.1, -0.05) is 13.8 Å². The summed E-state index contributed by atoms with van der Waals surface area (Å²) in [5.74, 6) is 2.06. The Labute approximate surface area is 90.7 Å². The van der Waals surface area contributed by atoms with Gasteiger partial charge in [0.25, 0.3) is 0 Å². The van der Waals surface area contributed by atoms with Gasteiger partial charge in [-0.05, 0) is 24.5 Å². The van der Waals surface area contributed by atoms with Crippen molar-refractivity contribution in [2.45, 2.75) is 26.7 Å². The van der Waals surface area contributed by atoms with Gasteiger partial charge >= 0.3 is 0 Å². The maximum atomic E-state index is 11.2. The van der Waals surface area contributed by atoms with Crippen molar-refractivity contribution in [3.8, 4) is 0 Å². The highest BCUT2D eigenvalue weighted by Crippen LogP contribution is 2.02. The second-order valence-corrected chi connectivity index (χ2v) is 4.58. The summed E-state index contributed by atoms with van der Waals surface area (Å²) in [4.78, 5) is 11.2. The zero-order chi connectivity index (χ0) is 10.8. The molecule has 0 aliphatic rings. The van der Waals surface area contributed by atoms with Crippen molar-refractivity contribution in [1.29, 1.82) is 0 Å². The lowest BCUT2D eigenvalue weighted by atomic mass is 10.1. The number of carbonyl (C=O) groups is 1. The predicted octanol–water partition coefficient (Wildman–Crippen LogP) is 1.26. The molecule has 4 heteroatoms. The lowest BCUT2D eigenvalue weighted by molar-refractivity contribution is -0.118. The Kier molecular flexibility index (Phi) is 9.19. The lowest BCUT2D eigenvalue weighted by Gasteiger charge is -2.10. The highest BCUT2D eigenvalue weighted by atomic mass is 32.2. The Bertz CT molecular complexity index is 153. The average Bonchev–Trinajstić information content (AvgIpc) is 2.16. The highest BCUT2D eigenvalue weighted by molar-refractivity contribution is 7.99. The fourth-order valence-electron chi connectivity index (χ4n) is 0.971. The maximum Gasteiger partial charge on any atom is 0.230 e. The number of thioether (sulfide) groups is 1. The molecular formula is C10H21NO2S. The number of hydrogen-bond acceptors (Lipinski definition) is 3. The monoisotopic (exact) mass is 219 g/mol. The molecule has 0 aromatic carbocycles. The molecule has 0 aromatic heterocycles. The first-order valence-corrected chi connectivity index (χ1v) is 6.31. The first-order valence-electron chi connectivity index (χ1n) is 5.16. The van der Waals surface area contributed by atoms with Gasteiger partial charge in [0.1, 0.15) is 0 Å². The van der Waals surface area contributed by atoms with Gasteiger partial charge in [-0.15, -0.1) is 0 Å². The maximum absolute atomic E-state index is 11.2. The Hall–Kier alpha value is -0.220. The van der Waals surface area contributed by atoms with Crippen LogP contribution < -0.4 is 5.32 Å². The van der Waals surface area contributed by atoms with Crippen molar-refractivity contribution >= 4 is 17.7 Å². The van der Waals surface area contributed by atoms with Crippen molar-refractivity contribution in [3.05, 3.63) is 0 Å². The third-order valence-electron chi connectivity index (χ3n) is 1.85. The molecular weight excluding hydrogens is 198 g/mol. The van der Waals surface area contributed by atoms with Crippen LogP contribution in [0.25, 0.3) is 0 Å². The first-order chi connectivity index (χ1) is 6.70. The minimum absolute atomic E-state index is 0.105. The van der Waals surface area contributed by atoms with E-state index in [1.807, 2.05) is 6.92 Å². The molecule has 0 saturated heterocycles. The van der Waals surface area contributed by atoms with Gasteiger partial charge in [0.15, 0.2) is 0 Å². The molecule has 0 aromatic rings. The second kappa shape index (κ2) is 9.34. The van der Waals surface area contributed by atoms with E-state index in [1.165, 1.54) is 0 Å². The standard InChI is InChI=1S/C10H21NO2S/c1-3-6-14-8-10(13)11-7-9(2)4-5-12/h9,12H,3-8H2,1-2H3,(H,11,13). The van der Waals surface area contributed by atoms with Crippen LogP contribution in [0.4, 0.5) is 0 Å². The van der Waals surface area contributed by atoms with Gasteiger partial charge in [0.2, 0.25) is 5.91 Å². The summed E-state index contributed by atoms with van der Waals surface area (Å²) in [6.07, 6.45) is 1.86. The van der Waals surface area contributed by atoms with Crippen molar-refractivity contribution in [2.24, 2.45) is 5.92 Å². The Morgan fingerprint density at radius 1 is 1.57 bits per heavy atom. The van der Waals surface area contributed by atoms with E-state index in [1.54, 1.807) is 11.8 Å². The third-order valence-corrected chi connectivity index (χ3v) is 3.01. The highest BCUT2D eigenvalue weighted by Gasteiger charge is 2.04. The molecule has 0 rings (SSSR count). The number of amides is 1. The van der Waals surface area contributed by atoms with Gasteiger partial charge in [-0.25, -0.2) is 0 Å². The number of aliphatic hydroxyl groups is 1. The predicted molar refractivity (Wildman–Crippen MR) is 61.5 cm³/mol.